The number of imidazole rings is 1. The second-order valence-corrected chi connectivity index (χ2v) is 16.8. The van der Waals surface area contributed by atoms with Crippen molar-refractivity contribution in [3.05, 3.63) is 70.8 Å². The van der Waals surface area contributed by atoms with Crippen molar-refractivity contribution in [2.75, 3.05) is 52.1 Å². The van der Waals surface area contributed by atoms with Gasteiger partial charge in [-0.15, -0.1) is 0 Å². The fourth-order valence-electron chi connectivity index (χ4n) is 8.10. The van der Waals surface area contributed by atoms with E-state index in [-0.39, 0.29) is 28.6 Å². The summed E-state index contributed by atoms with van der Waals surface area (Å²) >= 11 is 3.39. The molecular formula is C42H56N8O9S2. The van der Waals surface area contributed by atoms with Crippen LogP contribution in [0.25, 0.3) is 0 Å². The van der Waals surface area contributed by atoms with E-state index in [1.54, 1.807) is 56.1 Å². The predicted octanol–water partition coefficient (Wildman–Crippen LogP) is 3.99. The van der Waals surface area contributed by atoms with E-state index in [1.165, 1.54) is 30.2 Å². The number of nitrogens with one attached hydrogen (secondary N) is 3. The Kier molecular flexibility index (Phi) is 18.3. The lowest BCUT2D eigenvalue weighted by molar-refractivity contribution is -0.139. The number of rotatable bonds is 12. The Morgan fingerprint density at radius 1 is 1.21 bits per heavy atom. The number of nitrogens with two attached hydrogens (primary N) is 1. The van der Waals surface area contributed by atoms with Crippen molar-refractivity contribution in [2.24, 2.45) is 16.6 Å². The molecule has 7 N–H and O–H groups in total. The highest BCUT2D eigenvalue weighted by Crippen LogP contribution is 2.63. The van der Waals surface area contributed by atoms with Gasteiger partial charge in [0, 0.05) is 61.2 Å². The number of ether oxygens (including phenoxy) is 3. The van der Waals surface area contributed by atoms with Crippen molar-refractivity contribution in [1.29, 1.82) is 5.26 Å². The normalized spacial score (nSPS) is 20.9. The number of piperidine rings is 1. The van der Waals surface area contributed by atoms with Crippen LogP contribution in [0.1, 0.15) is 65.5 Å². The van der Waals surface area contributed by atoms with Gasteiger partial charge in [0.1, 0.15) is 17.4 Å². The summed E-state index contributed by atoms with van der Waals surface area (Å²) in [6.07, 6.45) is 9.48. The number of carbonyl (C=O) groups excluding carboxylic acids is 2. The standard InChI is InChI=1S/C18H21NO3.C10H16N6S.C9H8O4.C5H11NO2S/c1-19-8-7-18-11-4-5-13(20)17(18)22-16-14(21-2)6-3-10(15(16)18)9-12(11)19;1-8-9(16-7-15-8)5-17-4-3-13-10(12-2)14-6-11;1-6(10)13-8-5-3-2-4-7(8)9(11)12;1-9-3-2-4(6)5(7)8/h3,6,11-12,17H,4-5,7-9H2,1-2H3;7H,3-5H2,1-2H3,(H,15,16)(H2,12,13,14);2-5H,1H3,(H,11,12);4H,2-3,6H2,1H3,(H,7,8)/t11-,12+,17-,18-;;;4-/m0..0/s1. The molecule has 1 saturated heterocycles. The number of Topliss-reactive ketones (excluding diaryl/α,β-unsaturated/α-hetero) is 1. The van der Waals surface area contributed by atoms with Crippen LogP contribution in [-0.4, -0.2) is 125 Å². The van der Waals surface area contributed by atoms with Crippen LogP contribution in [0, 0.1) is 24.3 Å². The van der Waals surface area contributed by atoms with Gasteiger partial charge in [0.15, 0.2) is 29.6 Å². The number of esters is 1. The van der Waals surface area contributed by atoms with Gasteiger partial charge in [-0.3, -0.25) is 24.7 Å². The smallest absolute Gasteiger partial charge is 0.339 e. The number of para-hydroxylation sites is 1. The first-order chi connectivity index (χ1) is 29.2. The third-order valence-electron chi connectivity index (χ3n) is 11.0. The van der Waals surface area contributed by atoms with E-state index in [9.17, 15) is 19.2 Å². The Labute approximate surface area is 364 Å². The number of likely N-dealkylation sites (N-methyl/N-ethyl adjacent to an activating group) is 1. The number of guanidine groups is 1. The summed E-state index contributed by atoms with van der Waals surface area (Å²) < 4.78 is 16.5. The van der Waals surface area contributed by atoms with Crippen LogP contribution in [0.2, 0.25) is 0 Å². The summed E-state index contributed by atoms with van der Waals surface area (Å²) in [5, 5.41) is 30.9. The number of aromatic amines is 1. The molecule has 2 aliphatic carbocycles. The number of methoxy groups -OCH3 is 1. The summed E-state index contributed by atoms with van der Waals surface area (Å²) in [7, 11) is 5.54. The molecule has 7 rings (SSSR count). The highest BCUT2D eigenvalue weighted by Gasteiger charge is 2.65. The molecule has 5 atom stereocenters. The lowest BCUT2D eigenvalue weighted by Crippen LogP contribution is -2.65. The van der Waals surface area contributed by atoms with Gasteiger partial charge in [0.05, 0.1) is 19.1 Å². The number of aromatic nitrogens is 2. The number of aromatic carboxylic acids is 1. The Bertz CT molecular complexity index is 2080. The van der Waals surface area contributed by atoms with Gasteiger partial charge in [-0.25, -0.2) is 9.78 Å². The van der Waals surface area contributed by atoms with E-state index in [0.29, 0.717) is 30.8 Å². The van der Waals surface area contributed by atoms with Crippen LogP contribution in [0.15, 0.2) is 47.7 Å². The highest BCUT2D eigenvalue weighted by molar-refractivity contribution is 7.98. The van der Waals surface area contributed by atoms with E-state index in [1.807, 2.05) is 25.4 Å². The molecule has 330 valence electrons. The number of nitrogens with zero attached hydrogens (tertiary/aromatic N) is 4. The third-order valence-corrected chi connectivity index (χ3v) is 12.6. The van der Waals surface area contributed by atoms with Crippen LogP contribution < -0.4 is 30.6 Å². The monoisotopic (exact) mass is 880 g/mol. The number of aryl methyl sites for hydroxylation is 1. The minimum Gasteiger partial charge on any atom is -0.493 e. The SMILES string of the molecule is CC(=O)Oc1ccccc1C(=O)O.CN=C(NC#N)NCCSCc1nc[nH]c1C.COc1ccc2c3c1O[C@H]1C(=O)CC[C@H]4[C@@H](C2)N(C)CC[C@]314.CSCC[C@H](N)C(=O)O. The number of aliphatic carboxylic acids is 1. The number of benzene rings is 2. The molecule has 2 bridgehead atoms. The maximum absolute atomic E-state index is 12.6. The van der Waals surface area contributed by atoms with E-state index in [0.717, 1.165) is 72.5 Å². The van der Waals surface area contributed by atoms with Gasteiger partial charge in [0.25, 0.3) is 0 Å². The lowest BCUT2D eigenvalue weighted by atomic mass is 9.52. The Morgan fingerprint density at radius 3 is 2.59 bits per heavy atom. The Hall–Kier alpha value is -5.29. The number of carboxylic acids is 2. The van der Waals surface area contributed by atoms with Crippen molar-refractivity contribution in [3.63, 3.8) is 0 Å². The number of hydrogen-bond acceptors (Lipinski definition) is 14. The molecule has 0 amide bonds. The van der Waals surface area contributed by atoms with E-state index in [4.69, 9.17) is 30.7 Å². The van der Waals surface area contributed by atoms with Crippen LogP contribution >= 0.6 is 23.5 Å². The molecule has 17 nitrogen and oxygen atoms in total. The van der Waals surface area contributed by atoms with Crippen LogP contribution in [0.4, 0.5) is 0 Å². The molecule has 2 fully saturated rings. The fourth-order valence-corrected chi connectivity index (χ4v) is 9.47. The summed E-state index contributed by atoms with van der Waals surface area (Å²) in [4.78, 5) is 57.5. The van der Waals surface area contributed by atoms with Crippen molar-refractivity contribution in [3.8, 4) is 23.4 Å². The zero-order valence-electron chi connectivity index (χ0n) is 35.4. The first kappa shape index (κ1) is 48.4. The Balaban J connectivity index is 0.000000189. The number of carbonyl (C=O) groups is 4. The van der Waals surface area contributed by atoms with Crippen molar-refractivity contribution in [1.82, 2.24) is 25.5 Å². The van der Waals surface area contributed by atoms with Crippen LogP contribution in [-0.2, 0) is 32.0 Å². The molecule has 2 aromatic carbocycles. The molecular weight excluding hydrogens is 825 g/mol. The third kappa shape index (κ3) is 12.0. The number of hydrogen-bond donors (Lipinski definition) is 6. The van der Waals surface area contributed by atoms with Crippen molar-refractivity contribution >= 4 is 53.2 Å². The van der Waals surface area contributed by atoms with Gasteiger partial charge < -0.3 is 45.4 Å². The van der Waals surface area contributed by atoms with Crippen molar-refractivity contribution in [2.45, 2.75) is 75.3 Å². The van der Waals surface area contributed by atoms with E-state index >= 15 is 0 Å². The van der Waals surface area contributed by atoms with Gasteiger partial charge in [-0.05, 0) is 87.9 Å². The maximum Gasteiger partial charge on any atom is 0.339 e. The number of ketones is 1. The lowest BCUT2D eigenvalue weighted by Gasteiger charge is -2.57. The summed E-state index contributed by atoms with van der Waals surface area (Å²) in [6.45, 7) is 5.04. The van der Waals surface area contributed by atoms with Crippen LogP contribution in [0.3, 0.4) is 0 Å². The quantitative estimate of drug-likeness (QED) is 0.0286. The number of H-pyrrole nitrogens is 1. The number of aliphatic imine (C=N–C) groups is 1. The van der Waals surface area contributed by atoms with Gasteiger partial charge >= 0.3 is 17.9 Å². The number of nitriles is 1. The molecule has 1 aromatic heterocycles. The van der Waals surface area contributed by atoms with Gasteiger partial charge in [0.2, 0.25) is 5.96 Å². The molecule has 1 saturated carbocycles. The van der Waals surface area contributed by atoms with Crippen LogP contribution in [0.5, 0.6) is 17.2 Å². The number of thioether (sulfide) groups is 2. The summed E-state index contributed by atoms with van der Waals surface area (Å²) in [6, 6.07) is 10.0. The molecule has 2 aliphatic heterocycles. The molecule has 19 heteroatoms. The highest BCUT2D eigenvalue weighted by atomic mass is 32.2. The zero-order chi connectivity index (χ0) is 44.7. The average Bonchev–Trinajstić information content (AvgIpc) is 3.82. The molecule has 1 spiro atoms. The first-order valence-corrected chi connectivity index (χ1v) is 22.3. The van der Waals surface area contributed by atoms with Gasteiger partial charge in [-0.1, -0.05) is 18.2 Å². The van der Waals surface area contributed by atoms with E-state index in [2.05, 4.69) is 48.3 Å². The molecule has 61 heavy (non-hydrogen) atoms. The minimum atomic E-state index is -1.11. The molecule has 0 unspecified atom stereocenters. The Morgan fingerprint density at radius 2 is 1.97 bits per heavy atom. The molecule has 4 aliphatic rings. The average molecular weight is 881 g/mol. The van der Waals surface area contributed by atoms with Crippen molar-refractivity contribution < 1.29 is 43.6 Å². The molecule has 3 aromatic rings. The van der Waals surface area contributed by atoms with Gasteiger partial charge in [-0.2, -0.15) is 28.8 Å². The maximum atomic E-state index is 12.6. The first-order valence-electron chi connectivity index (χ1n) is 19.7. The predicted molar refractivity (Wildman–Crippen MR) is 234 cm³/mol. The summed E-state index contributed by atoms with van der Waals surface area (Å²) in [5.41, 5.74) is 9.96. The largest absolute Gasteiger partial charge is 0.493 e. The summed E-state index contributed by atoms with van der Waals surface area (Å²) in [5.74, 6) is 3.11. The number of carboxylic acid groups (broad SMARTS) is 2. The molecule has 0 radical (unpaired) electrons. The molecule has 3 heterocycles. The minimum absolute atomic E-state index is 0.0160. The number of likely N-dealkylation sites (tertiary alicyclic amines) is 1. The zero-order valence-corrected chi connectivity index (χ0v) is 37.0. The second kappa shape index (κ2) is 23.1. The second-order valence-electron chi connectivity index (χ2n) is 14.7. The topological polar surface area (TPSA) is 255 Å². The fraction of sp³-hybridized carbons (Fsp3) is 0.500. The van der Waals surface area contributed by atoms with E-state index < -0.39 is 23.9 Å².